The molecule has 0 aliphatic carbocycles. The number of carbonyl (C=O) groups excluding carboxylic acids is 2. The highest BCUT2D eigenvalue weighted by atomic mass is 32.1. The number of amides is 1. The van der Waals surface area contributed by atoms with E-state index in [0.29, 0.717) is 18.1 Å². The van der Waals surface area contributed by atoms with Crippen LogP contribution in [0.25, 0.3) is 0 Å². The number of aromatic nitrogens is 1. The van der Waals surface area contributed by atoms with Crippen molar-refractivity contribution in [2.45, 2.75) is 13.8 Å². The van der Waals surface area contributed by atoms with Crippen molar-refractivity contribution in [3.63, 3.8) is 0 Å². The molecule has 1 rings (SSSR count). The lowest BCUT2D eigenvalue weighted by Gasteiger charge is -2.06. The van der Waals surface area contributed by atoms with Gasteiger partial charge in [0.25, 0.3) is 0 Å². The van der Waals surface area contributed by atoms with Gasteiger partial charge in [0, 0.05) is 20.0 Å². The number of ether oxygens (including phenoxy) is 1. The SMILES string of the molecule is CCOC(=O)c1c(N)nsc1NCCNC(C)=O. The molecular weight excluding hydrogens is 256 g/mol. The topological polar surface area (TPSA) is 106 Å². The van der Waals surface area contributed by atoms with Crippen molar-refractivity contribution in [2.75, 3.05) is 30.7 Å². The van der Waals surface area contributed by atoms with Gasteiger partial charge in [0.1, 0.15) is 10.6 Å². The van der Waals surface area contributed by atoms with Crippen LogP contribution in [0.3, 0.4) is 0 Å². The molecule has 4 N–H and O–H groups in total. The van der Waals surface area contributed by atoms with Crippen LogP contribution in [0, 0.1) is 0 Å². The van der Waals surface area contributed by atoms with E-state index in [9.17, 15) is 9.59 Å². The summed E-state index contributed by atoms with van der Waals surface area (Å²) in [5, 5.41) is 6.17. The Bertz CT molecular complexity index is 433. The van der Waals surface area contributed by atoms with Crippen molar-refractivity contribution >= 4 is 34.2 Å². The number of hydrogen-bond donors (Lipinski definition) is 3. The minimum Gasteiger partial charge on any atom is -0.462 e. The molecular formula is C10H16N4O3S. The van der Waals surface area contributed by atoms with Crippen molar-refractivity contribution in [1.29, 1.82) is 0 Å². The van der Waals surface area contributed by atoms with Crippen LogP contribution in [0.1, 0.15) is 24.2 Å². The fourth-order valence-corrected chi connectivity index (χ4v) is 1.96. The van der Waals surface area contributed by atoms with E-state index in [1.54, 1.807) is 6.92 Å². The summed E-state index contributed by atoms with van der Waals surface area (Å²) in [5.41, 5.74) is 5.87. The summed E-state index contributed by atoms with van der Waals surface area (Å²) in [7, 11) is 0. The highest BCUT2D eigenvalue weighted by molar-refractivity contribution is 7.11. The van der Waals surface area contributed by atoms with E-state index >= 15 is 0 Å². The van der Waals surface area contributed by atoms with Gasteiger partial charge in [-0.2, -0.15) is 4.37 Å². The summed E-state index contributed by atoms with van der Waals surface area (Å²) in [6.45, 7) is 4.37. The highest BCUT2D eigenvalue weighted by Gasteiger charge is 2.20. The van der Waals surface area contributed by atoms with E-state index in [0.717, 1.165) is 11.5 Å². The highest BCUT2D eigenvalue weighted by Crippen LogP contribution is 2.27. The molecule has 1 amide bonds. The molecule has 8 heteroatoms. The lowest BCUT2D eigenvalue weighted by atomic mass is 10.3. The Hall–Kier alpha value is -1.83. The van der Waals surface area contributed by atoms with Gasteiger partial charge in [-0.3, -0.25) is 4.79 Å². The first kappa shape index (κ1) is 14.2. The van der Waals surface area contributed by atoms with Crippen LogP contribution in [0.4, 0.5) is 10.8 Å². The lowest BCUT2D eigenvalue weighted by Crippen LogP contribution is -2.26. The van der Waals surface area contributed by atoms with Gasteiger partial charge < -0.3 is 21.1 Å². The van der Waals surface area contributed by atoms with Crippen molar-refractivity contribution in [2.24, 2.45) is 0 Å². The van der Waals surface area contributed by atoms with Crippen LogP contribution >= 0.6 is 11.5 Å². The number of anilines is 2. The summed E-state index contributed by atoms with van der Waals surface area (Å²) in [4.78, 5) is 22.3. The summed E-state index contributed by atoms with van der Waals surface area (Å²) in [6.07, 6.45) is 0. The number of carbonyl (C=O) groups is 2. The van der Waals surface area contributed by atoms with E-state index in [-0.39, 0.29) is 23.9 Å². The van der Waals surface area contributed by atoms with Crippen molar-refractivity contribution < 1.29 is 14.3 Å². The number of hydrogen-bond acceptors (Lipinski definition) is 7. The molecule has 0 saturated carbocycles. The second kappa shape index (κ2) is 6.80. The van der Waals surface area contributed by atoms with Crippen LogP contribution in [0.15, 0.2) is 0 Å². The third-order valence-corrected chi connectivity index (χ3v) is 2.80. The standard InChI is InChI=1S/C10H16N4O3S/c1-3-17-10(16)7-8(11)14-18-9(7)13-5-4-12-6(2)15/h13H,3-5H2,1-2H3,(H2,11,14)(H,12,15). The zero-order valence-electron chi connectivity index (χ0n) is 10.3. The molecule has 18 heavy (non-hydrogen) atoms. The summed E-state index contributed by atoms with van der Waals surface area (Å²) in [5.74, 6) is -0.447. The molecule has 100 valence electrons. The zero-order valence-corrected chi connectivity index (χ0v) is 11.1. The summed E-state index contributed by atoms with van der Waals surface area (Å²) < 4.78 is 8.79. The number of nitrogens with zero attached hydrogens (tertiary/aromatic N) is 1. The first-order chi connectivity index (χ1) is 8.56. The third-order valence-electron chi connectivity index (χ3n) is 1.98. The monoisotopic (exact) mass is 272 g/mol. The Morgan fingerprint density at radius 1 is 1.44 bits per heavy atom. The molecule has 0 fully saturated rings. The van der Waals surface area contributed by atoms with Gasteiger partial charge in [-0.1, -0.05) is 0 Å². The van der Waals surface area contributed by atoms with E-state index in [1.807, 2.05) is 0 Å². The van der Waals surface area contributed by atoms with E-state index < -0.39 is 5.97 Å². The predicted octanol–water partition coefficient (Wildman–Crippen LogP) is 0.450. The smallest absolute Gasteiger partial charge is 0.344 e. The van der Waals surface area contributed by atoms with Crippen molar-refractivity contribution in [3.05, 3.63) is 5.56 Å². The van der Waals surface area contributed by atoms with Crippen LogP contribution in [-0.2, 0) is 9.53 Å². The average Bonchev–Trinajstić information content (AvgIpc) is 2.66. The lowest BCUT2D eigenvalue weighted by molar-refractivity contribution is -0.118. The van der Waals surface area contributed by atoms with E-state index in [1.165, 1.54) is 6.92 Å². The molecule has 0 spiro atoms. The van der Waals surface area contributed by atoms with Gasteiger partial charge in [-0.15, -0.1) is 0 Å². The number of nitrogen functional groups attached to an aromatic ring is 1. The fourth-order valence-electron chi connectivity index (χ4n) is 1.24. The van der Waals surface area contributed by atoms with Crippen LogP contribution in [-0.4, -0.2) is 35.9 Å². The van der Waals surface area contributed by atoms with Gasteiger partial charge in [-0.25, -0.2) is 4.79 Å². The van der Waals surface area contributed by atoms with Gasteiger partial charge in [0.2, 0.25) is 5.91 Å². The Labute approximate surface area is 109 Å². The molecule has 1 heterocycles. The largest absolute Gasteiger partial charge is 0.462 e. The molecule has 0 aliphatic rings. The van der Waals surface area contributed by atoms with Crippen LogP contribution < -0.4 is 16.4 Å². The third kappa shape index (κ3) is 3.88. The van der Waals surface area contributed by atoms with E-state index in [4.69, 9.17) is 10.5 Å². The summed E-state index contributed by atoms with van der Waals surface area (Å²) >= 11 is 1.09. The maximum Gasteiger partial charge on any atom is 0.344 e. The Kier molecular flexibility index (Phi) is 5.37. The number of rotatable bonds is 6. The molecule has 0 aromatic carbocycles. The number of nitrogens with two attached hydrogens (primary N) is 1. The van der Waals surface area contributed by atoms with Crippen molar-refractivity contribution in [3.8, 4) is 0 Å². The van der Waals surface area contributed by atoms with Crippen molar-refractivity contribution in [1.82, 2.24) is 9.69 Å². The molecule has 7 nitrogen and oxygen atoms in total. The average molecular weight is 272 g/mol. The normalized spacial score (nSPS) is 9.89. The van der Waals surface area contributed by atoms with Crippen LogP contribution in [0.5, 0.6) is 0 Å². The van der Waals surface area contributed by atoms with Gasteiger partial charge in [0.15, 0.2) is 5.82 Å². The molecule has 0 saturated heterocycles. The Morgan fingerprint density at radius 2 is 2.17 bits per heavy atom. The zero-order chi connectivity index (χ0) is 13.5. The Morgan fingerprint density at radius 3 is 2.78 bits per heavy atom. The molecule has 0 aliphatic heterocycles. The van der Waals surface area contributed by atoms with Gasteiger partial charge >= 0.3 is 5.97 Å². The first-order valence-electron chi connectivity index (χ1n) is 5.46. The van der Waals surface area contributed by atoms with Gasteiger partial charge in [-0.05, 0) is 18.5 Å². The molecule has 0 unspecified atom stereocenters. The minimum absolute atomic E-state index is 0.105. The van der Waals surface area contributed by atoms with E-state index in [2.05, 4.69) is 15.0 Å². The second-order valence-corrected chi connectivity index (χ2v) is 4.18. The fraction of sp³-hybridized carbons (Fsp3) is 0.500. The summed E-state index contributed by atoms with van der Waals surface area (Å²) in [6, 6.07) is 0. The second-order valence-electron chi connectivity index (χ2n) is 3.40. The first-order valence-corrected chi connectivity index (χ1v) is 6.24. The maximum atomic E-state index is 11.6. The predicted molar refractivity (Wildman–Crippen MR) is 69.7 cm³/mol. The quantitative estimate of drug-likeness (QED) is 0.513. The molecule has 0 atom stereocenters. The molecule has 1 aromatic heterocycles. The number of nitrogens with one attached hydrogen (secondary N) is 2. The Balaban J connectivity index is 2.60. The van der Waals surface area contributed by atoms with Crippen LogP contribution in [0.2, 0.25) is 0 Å². The minimum atomic E-state index is -0.495. The molecule has 1 aromatic rings. The van der Waals surface area contributed by atoms with Gasteiger partial charge in [0.05, 0.1) is 6.61 Å². The maximum absolute atomic E-state index is 11.6. The molecule has 0 radical (unpaired) electrons. The number of esters is 1. The molecule has 0 bridgehead atoms.